The number of carbonyl (C=O) groups excluding carboxylic acids is 1. The lowest BCUT2D eigenvalue weighted by Crippen LogP contribution is -2.32. The summed E-state index contributed by atoms with van der Waals surface area (Å²) in [5, 5.41) is 3.44. The summed E-state index contributed by atoms with van der Waals surface area (Å²) in [5.74, 6) is 3.39. The molecule has 3 aromatic carbocycles. The van der Waals surface area contributed by atoms with E-state index in [0.717, 1.165) is 22.4 Å². The molecule has 0 unspecified atom stereocenters. The Balaban J connectivity index is 1.44. The van der Waals surface area contributed by atoms with Crippen LogP contribution in [0.25, 0.3) is 6.08 Å². The first-order valence-electron chi connectivity index (χ1n) is 13.1. The number of thiocarbonyl (C=S) groups is 1. The second kappa shape index (κ2) is 13.7. The molecular formula is C31H34N2O6S. The van der Waals surface area contributed by atoms with Gasteiger partial charge in [0.15, 0.2) is 16.6 Å². The first-order chi connectivity index (χ1) is 19.4. The third-order valence-electron chi connectivity index (χ3n) is 6.26. The van der Waals surface area contributed by atoms with Crippen molar-refractivity contribution in [3.63, 3.8) is 0 Å². The molecule has 1 aliphatic heterocycles. The summed E-state index contributed by atoms with van der Waals surface area (Å²) < 4.78 is 28.0. The maximum absolute atomic E-state index is 13.2. The fourth-order valence-electron chi connectivity index (χ4n) is 4.27. The van der Waals surface area contributed by atoms with E-state index in [9.17, 15) is 4.79 Å². The quantitative estimate of drug-likeness (QED) is 0.220. The highest BCUT2D eigenvalue weighted by atomic mass is 32.1. The number of rotatable bonds is 13. The van der Waals surface area contributed by atoms with Crippen molar-refractivity contribution in [2.45, 2.75) is 26.9 Å². The smallest absolute Gasteiger partial charge is 0.276 e. The Labute approximate surface area is 240 Å². The Morgan fingerprint density at radius 3 is 2.23 bits per heavy atom. The third kappa shape index (κ3) is 7.04. The second-order valence-corrected chi connectivity index (χ2v) is 9.26. The first-order valence-corrected chi connectivity index (χ1v) is 13.5. The molecule has 0 aliphatic carbocycles. The number of carbonyl (C=O) groups is 1. The van der Waals surface area contributed by atoms with Gasteiger partial charge in [-0.25, -0.2) is 0 Å². The molecule has 3 aromatic rings. The average molecular weight is 563 g/mol. The first kappa shape index (κ1) is 28.8. The highest BCUT2D eigenvalue weighted by Gasteiger charge is 2.30. The lowest BCUT2D eigenvalue weighted by atomic mass is 10.1. The van der Waals surface area contributed by atoms with Gasteiger partial charge in [-0.05, 0) is 98.2 Å². The largest absolute Gasteiger partial charge is 0.497 e. The van der Waals surface area contributed by atoms with Crippen LogP contribution in [-0.4, -0.2) is 49.9 Å². The number of hydrogen-bond acceptors (Lipinski definition) is 7. The number of ether oxygens (including phenoxy) is 5. The number of nitrogens with zero attached hydrogens (tertiary/aromatic N) is 1. The zero-order valence-electron chi connectivity index (χ0n) is 23.2. The van der Waals surface area contributed by atoms with E-state index in [-0.39, 0.29) is 5.91 Å². The van der Waals surface area contributed by atoms with E-state index in [1.54, 1.807) is 25.2 Å². The SMILES string of the molecule is CCOc1ccc(CCN2C(=O)/C(=C\c3ccc(OC)c(COc4ccc(OC)cc4)c3)NC2=S)cc1OCC. The molecule has 9 heteroatoms. The van der Waals surface area contributed by atoms with Crippen LogP contribution in [0.4, 0.5) is 0 Å². The van der Waals surface area contributed by atoms with Crippen molar-refractivity contribution in [3.8, 4) is 28.7 Å². The van der Waals surface area contributed by atoms with Crippen LogP contribution < -0.4 is 29.0 Å². The maximum Gasteiger partial charge on any atom is 0.276 e. The molecule has 4 rings (SSSR count). The van der Waals surface area contributed by atoms with Crippen LogP contribution in [0.15, 0.2) is 66.4 Å². The standard InChI is InChI=1S/C31H34N2O6S/c1-5-37-28-14-7-21(19-29(28)38-6-2)15-16-33-30(34)26(32-31(33)40)18-22-8-13-27(36-4)23(17-22)20-39-25-11-9-24(35-3)10-12-25/h7-14,17-19H,5-6,15-16,20H2,1-4H3,(H,32,40)/b26-18+. The molecule has 1 saturated heterocycles. The van der Waals surface area contributed by atoms with Crippen molar-refractivity contribution in [1.29, 1.82) is 0 Å². The van der Waals surface area contributed by atoms with E-state index in [1.807, 2.05) is 74.5 Å². The minimum Gasteiger partial charge on any atom is -0.497 e. The van der Waals surface area contributed by atoms with Crippen molar-refractivity contribution in [2.24, 2.45) is 0 Å². The minimum absolute atomic E-state index is 0.173. The van der Waals surface area contributed by atoms with Crippen molar-refractivity contribution in [1.82, 2.24) is 10.2 Å². The topological polar surface area (TPSA) is 78.5 Å². The van der Waals surface area contributed by atoms with Crippen LogP contribution in [-0.2, 0) is 17.8 Å². The minimum atomic E-state index is -0.173. The van der Waals surface area contributed by atoms with E-state index >= 15 is 0 Å². The van der Waals surface area contributed by atoms with Crippen molar-refractivity contribution < 1.29 is 28.5 Å². The van der Waals surface area contributed by atoms with Gasteiger partial charge in [-0.15, -0.1) is 0 Å². The van der Waals surface area contributed by atoms with E-state index in [2.05, 4.69) is 5.32 Å². The molecule has 8 nitrogen and oxygen atoms in total. The molecule has 1 N–H and O–H groups in total. The lowest BCUT2D eigenvalue weighted by molar-refractivity contribution is -0.122. The Bertz CT molecular complexity index is 1370. The molecule has 1 aliphatic rings. The third-order valence-corrected chi connectivity index (χ3v) is 6.59. The zero-order chi connectivity index (χ0) is 28.5. The van der Waals surface area contributed by atoms with Gasteiger partial charge in [-0.1, -0.05) is 12.1 Å². The molecule has 0 atom stereocenters. The summed E-state index contributed by atoms with van der Waals surface area (Å²) in [6.45, 7) is 5.70. The molecule has 210 valence electrons. The Hall–Kier alpha value is -4.24. The molecule has 0 spiro atoms. The molecule has 0 saturated carbocycles. The summed E-state index contributed by atoms with van der Waals surface area (Å²) in [6.07, 6.45) is 2.40. The van der Waals surface area contributed by atoms with Gasteiger partial charge >= 0.3 is 0 Å². The van der Waals surface area contributed by atoms with Crippen molar-refractivity contribution >= 4 is 29.3 Å². The van der Waals surface area contributed by atoms with Crippen LogP contribution >= 0.6 is 12.2 Å². The lowest BCUT2D eigenvalue weighted by Gasteiger charge is -2.16. The van der Waals surface area contributed by atoms with Crippen LogP contribution in [0.1, 0.15) is 30.5 Å². The van der Waals surface area contributed by atoms with Gasteiger partial charge in [0.2, 0.25) is 0 Å². The van der Waals surface area contributed by atoms with Gasteiger partial charge in [0.25, 0.3) is 5.91 Å². The predicted octanol–water partition coefficient (Wildman–Crippen LogP) is 5.38. The van der Waals surface area contributed by atoms with Crippen LogP contribution in [0.2, 0.25) is 0 Å². The summed E-state index contributed by atoms with van der Waals surface area (Å²) in [4.78, 5) is 14.8. The average Bonchev–Trinajstić information content (AvgIpc) is 3.23. The molecule has 40 heavy (non-hydrogen) atoms. The number of nitrogens with one attached hydrogen (secondary N) is 1. The summed E-state index contributed by atoms with van der Waals surface area (Å²) in [5.41, 5.74) is 3.11. The number of benzene rings is 3. The van der Waals surface area contributed by atoms with Crippen molar-refractivity contribution in [2.75, 3.05) is 34.0 Å². The van der Waals surface area contributed by atoms with Gasteiger partial charge in [0.1, 0.15) is 29.6 Å². The van der Waals surface area contributed by atoms with Gasteiger partial charge in [-0.3, -0.25) is 9.69 Å². The maximum atomic E-state index is 13.2. The molecule has 0 bridgehead atoms. The van der Waals surface area contributed by atoms with Gasteiger partial charge in [0.05, 0.1) is 27.4 Å². The second-order valence-electron chi connectivity index (χ2n) is 8.88. The molecule has 0 aromatic heterocycles. The highest BCUT2D eigenvalue weighted by molar-refractivity contribution is 7.80. The monoisotopic (exact) mass is 562 g/mol. The zero-order valence-corrected chi connectivity index (χ0v) is 24.0. The Morgan fingerprint density at radius 2 is 1.52 bits per heavy atom. The Morgan fingerprint density at radius 1 is 0.825 bits per heavy atom. The van der Waals surface area contributed by atoms with E-state index in [1.165, 1.54) is 0 Å². The number of hydrogen-bond donors (Lipinski definition) is 1. The van der Waals surface area contributed by atoms with Crippen LogP contribution in [0.5, 0.6) is 28.7 Å². The molecule has 1 heterocycles. The number of methoxy groups -OCH3 is 2. The number of amides is 1. The van der Waals surface area contributed by atoms with Crippen LogP contribution in [0.3, 0.4) is 0 Å². The molecule has 1 amide bonds. The molecular weight excluding hydrogens is 528 g/mol. The Kier molecular flexibility index (Phi) is 9.86. The van der Waals surface area contributed by atoms with Gasteiger partial charge in [0, 0.05) is 12.1 Å². The normalized spacial score (nSPS) is 13.8. The van der Waals surface area contributed by atoms with Crippen LogP contribution in [0, 0.1) is 0 Å². The van der Waals surface area contributed by atoms with Gasteiger partial charge < -0.3 is 29.0 Å². The van der Waals surface area contributed by atoms with Gasteiger partial charge in [-0.2, -0.15) is 0 Å². The van der Waals surface area contributed by atoms with E-state index < -0.39 is 0 Å². The summed E-state index contributed by atoms with van der Waals surface area (Å²) in [7, 11) is 3.24. The molecule has 0 radical (unpaired) electrons. The van der Waals surface area contributed by atoms with Crippen molar-refractivity contribution in [3.05, 3.63) is 83.1 Å². The summed E-state index contributed by atoms with van der Waals surface area (Å²) in [6, 6.07) is 18.9. The van der Waals surface area contributed by atoms with E-state index in [0.29, 0.717) is 66.6 Å². The summed E-state index contributed by atoms with van der Waals surface area (Å²) >= 11 is 5.49. The molecule has 1 fully saturated rings. The fraction of sp³-hybridized carbons (Fsp3) is 0.290. The highest BCUT2D eigenvalue weighted by Crippen LogP contribution is 2.29. The van der Waals surface area contributed by atoms with E-state index in [4.69, 9.17) is 35.9 Å². The predicted molar refractivity (Wildman–Crippen MR) is 158 cm³/mol. The fourth-order valence-corrected chi connectivity index (χ4v) is 4.55.